The molecule has 0 heterocycles. The molecule has 1 amide bonds. The van der Waals surface area contributed by atoms with E-state index < -0.39 is 0 Å². The maximum atomic E-state index is 12.0. The van der Waals surface area contributed by atoms with Crippen LogP contribution in [-0.4, -0.2) is 23.9 Å². The van der Waals surface area contributed by atoms with E-state index in [1.807, 2.05) is 7.05 Å². The van der Waals surface area contributed by atoms with E-state index in [4.69, 9.17) is 5.73 Å². The van der Waals surface area contributed by atoms with Gasteiger partial charge in [-0.2, -0.15) is 0 Å². The Morgan fingerprint density at radius 2 is 1.94 bits per heavy atom. The lowest BCUT2D eigenvalue weighted by Crippen LogP contribution is -2.41. The first-order valence-corrected chi connectivity index (χ1v) is 6.60. The van der Waals surface area contributed by atoms with Gasteiger partial charge in [0.15, 0.2) is 0 Å². The third kappa shape index (κ3) is 4.49. The molecule has 0 aliphatic carbocycles. The standard InChI is InChI=1S/C15H24N2O/c1-4-5-6-14(16)15(18)17(3)11-13-9-7-12(2)8-10-13/h7-10,14H,4-6,11,16H2,1-3H3. The second-order valence-electron chi connectivity index (χ2n) is 4.93. The van der Waals surface area contributed by atoms with Gasteiger partial charge in [0.2, 0.25) is 5.91 Å². The van der Waals surface area contributed by atoms with Crippen LogP contribution in [-0.2, 0) is 11.3 Å². The summed E-state index contributed by atoms with van der Waals surface area (Å²) in [7, 11) is 1.81. The fraction of sp³-hybridized carbons (Fsp3) is 0.533. The Morgan fingerprint density at radius 3 is 2.50 bits per heavy atom. The summed E-state index contributed by atoms with van der Waals surface area (Å²) in [5, 5.41) is 0. The minimum atomic E-state index is -0.361. The van der Waals surface area contributed by atoms with Gasteiger partial charge in [0, 0.05) is 13.6 Å². The summed E-state index contributed by atoms with van der Waals surface area (Å²) in [6, 6.07) is 7.86. The molecule has 0 saturated carbocycles. The van der Waals surface area contributed by atoms with Gasteiger partial charge in [-0.05, 0) is 18.9 Å². The molecular formula is C15H24N2O. The van der Waals surface area contributed by atoms with Gasteiger partial charge in [-0.15, -0.1) is 0 Å². The predicted octanol–water partition coefficient (Wildman–Crippen LogP) is 2.47. The topological polar surface area (TPSA) is 46.3 Å². The Morgan fingerprint density at radius 1 is 1.33 bits per heavy atom. The number of amides is 1. The van der Waals surface area contributed by atoms with Crippen molar-refractivity contribution in [2.75, 3.05) is 7.05 Å². The van der Waals surface area contributed by atoms with Gasteiger partial charge in [0.25, 0.3) is 0 Å². The monoisotopic (exact) mass is 248 g/mol. The van der Waals surface area contributed by atoms with Crippen molar-refractivity contribution >= 4 is 5.91 Å². The van der Waals surface area contributed by atoms with Crippen molar-refractivity contribution in [2.45, 2.75) is 45.7 Å². The molecule has 1 rings (SSSR count). The summed E-state index contributed by atoms with van der Waals surface area (Å²) in [4.78, 5) is 13.7. The molecule has 1 atom stereocenters. The molecule has 0 fully saturated rings. The van der Waals surface area contributed by atoms with Crippen molar-refractivity contribution in [3.8, 4) is 0 Å². The van der Waals surface area contributed by atoms with Crippen LogP contribution in [0.25, 0.3) is 0 Å². The maximum Gasteiger partial charge on any atom is 0.239 e. The molecule has 2 N–H and O–H groups in total. The fourth-order valence-electron chi connectivity index (χ4n) is 1.88. The van der Waals surface area contributed by atoms with Gasteiger partial charge in [0.1, 0.15) is 0 Å². The number of carbonyl (C=O) groups excluding carboxylic acids is 1. The average Bonchev–Trinajstić information content (AvgIpc) is 2.37. The summed E-state index contributed by atoms with van der Waals surface area (Å²) >= 11 is 0. The normalized spacial score (nSPS) is 12.2. The number of unbranched alkanes of at least 4 members (excludes halogenated alkanes) is 1. The van der Waals surface area contributed by atoms with Crippen molar-refractivity contribution in [2.24, 2.45) is 5.73 Å². The van der Waals surface area contributed by atoms with Crippen LogP contribution in [0.5, 0.6) is 0 Å². The first kappa shape index (κ1) is 14.7. The third-order valence-electron chi connectivity index (χ3n) is 3.10. The van der Waals surface area contributed by atoms with Gasteiger partial charge in [-0.1, -0.05) is 49.6 Å². The highest BCUT2D eigenvalue weighted by Gasteiger charge is 2.17. The zero-order valence-electron chi connectivity index (χ0n) is 11.6. The lowest BCUT2D eigenvalue weighted by atomic mass is 10.1. The van der Waals surface area contributed by atoms with E-state index in [-0.39, 0.29) is 11.9 Å². The Kier molecular flexibility index (Phi) is 5.86. The zero-order chi connectivity index (χ0) is 13.5. The second-order valence-corrected chi connectivity index (χ2v) is 4.93. The minimum Gasteiger partial charge on any atom is -0.340 e. The molecule has 0 saturated heterocycles. The maximum absolute atomic E-state index is 12.0. The number of hydrogen-bond acceptors (Lipinski definition) is 2. The van der Waals surface area contributed by atoms with Crippen LogP contribution in [0.3, 0.4) is 0 Å². The van der Waals surface area contributed by atoms with Gasteiger partial charge < -0.3 is 10.6 Å². The van der Waals surface area contributed by atoms with Crippen molar-refractivity contribution in [1.82, 2.24) is 4.90 Å². The number of nitrogens with two attached hydrogens (primary N) is 1. The molecule has 0 radical (unpaired) electrons. The number of benzene rings is 1. The van der Waals surface area contributed by atoms with Gasteiger partial charge >= 0.3 is 0 Å². The molecule has 1 aromatic rings. The average molecular weight is 248 g/mol. The van der Waals surface area contributed by atoms with E-state index in [0.717, 1.165) is 24.8 Å². The van der Waals surface area contributed by atoms with Gasteiger partial charge in [-0.3, -0.25) is 4.79 Å². The second kappa shape index (κ2) is 7.17. The smallest absolute Gasteiger partial charge is 0.239 e. The van der Waals surface area contributed by atoms with Crippen LogP contribution in [0.4, 0.5) is 0 Å². The molecular weight excluding hydrogens is 224 g/mol. The number of carbonyl (C=O) groups is 1. The molecule has 0 bridgehead atoms. The third-order valence-corrected chi connectivity index (χ3v) is 3.10. The highest BCUT2D eigenvalue weighted by atomic mass is 16.2. The van der Waals surface area contributed by atoms with Crippen LogP contribution >= 0.6 is 0 Å². The summed E-state index contributed by atoms with van der Waals surface area (Å²) in [5.74, 6) is 0.0315. The van der Waals surface area contributed by atoms with E-state index in [1.165, 1.54) is 5.56 Å². The summed E-state index contributed by atoms with van der Waals surface area (Å²) < 4.78 is 0. The van der Waals surface area contributed by atoms with E-state index in [1.54, 1.807) is 4.90 Å². The van der Waals surface area contributed by atoms with Crippen LogP contribution in [0, 0.1) is 6.92 Å². The fourth-order valence-corrected chi connectivity index (χ4v) is 1.88. The summed E-state index contributed by atoms with van der Waals surface area (Å²) in [6.07, 6.45) is 2.85. The molecule has 18 heavy (non-hydrogen) atoms. The molecule has 1 aromatic carbocycles. The Hall–Kier alpha value is -1.35. The highest BCUT2D eigenvalue weighted by Crippen LogP contribution is 2.08. The largest absolute Gasteiger partial charge is 0.340 e. The number of aryl methyl sites for hydroxylation is 1. The Balaban J connectivity index is 2.51. The SMILES string of the molecule is CCCCC(N)C(=O)N(C)Cc1ccc(C)cc1. The zero-order valence-corrected chi connectivity index (χ0v) is 11.6. The lowest BCUT2D eigenvalue weighted by molar-refractivity contribution is -0.132. The molecule has 0 aliphatic heterocycles. The van der Waals surface area contributed by atoms with Crippen LogP contribution < -0.4 is 5.73 Å². The van der Waals surface area contributed by atoms with E-state index in [9.17, 15) is 4.79 Å². The molecule has 3 heteroatoms. The van der Waals surface area contributed by atoms with E-state index >= 15 is 0 Å². The highest BCUT2D eigenvalue weighted by molar-refractivity contribution is 5.81. The Labute approximate surface area is 110 Å². The van der Waals surface area contributed by atoms with Crippen molar-refractivity contribution in [3.63, 3.8) is 0 Å². The molecule has 1 unspecified atom stereocenters. The van der Waals surface area contributed by atoms with Crippen LogP contribution in [0.1, 0.15) is 37.3 Å². The van der Waals surface area contributed by atoms with E-state index in [0.29, 0.717) is 6.54 Å². The number of rotatable bonds is 6. The van der Waals surface area contributed by atoms with Crippen LogP contribution in [0.15, 0.2) is 24.3 Å². The van der Waals surface area contributed by atoms with Crippen molar-refractivity contribution in [3.05, 3.63) is 35.4 Å². The molecule has 0 aliphatic rings. The minimum absolute atomic E-state index is 0.0315. The van der Waals surface area contributed by atoms with Gasteiger partial charge in [-0.25, -0.2) is 0 Å². The molecule has 0 aromatic heterocycles. The first-order chi connectivity index (χ1) is 8.54. The molecule has 100 valence electrons. The van der Waals surface area contributed by atoms with Crippen molar-refractivity contribution < 1.29 is 4.79 Å². The first-order valence-electron chi connectivity index (χ1n) is 6.60. The predicted molar refractivity (Wildman–Crippen MR) is 75.2 cm³/mol. The van der Waals surface area contributed by atoms with Gasteiger partial charge in [0.05, 0.1) is 6.04 Å². The van der Waals surface area contributed by atoms with E-state index in [2.05, 4.69) is 38.1 Å². The lowest BCUT2D eigenvalue weighted by Gasteiger charge is -2.21. The number of nitrogens with zero attached hydrogens (tertiary/aromatic N) is 1. The molecule has 3 nitrogen and oxygen atoms in total. The number of likely N-dealkylation sites (N-methyl/N-ethyl adjacent to an activating group) is 1. The summed E-state index contributed by atoms with van der Waals surface area (Å²) in [5.41, 5.74) is 8.26. The Bertz CT molecular complexity index is 373. The summed E-state index contributed by atoms with van der Waals surface area (Å²) in [6.45, 7) is 4.78. The molecule has 0 spiro atoms. The van der Waals surface area contributed by atoms with Crippen LogP contribution in [0.2, 0.25) is 0 Å². The quantitative estimate of drug-likeness (QED) is 0.840. The number of hydrogen-bond donors (Lipinski definition) is 1. The van der Waals surface area contributed by atoms with Crippen molar-refractivity contribution in [1.29, 1.82) is 0 Å².